The highest BCUT2D eigenvalue weighted by atomic mass is 14.8. The number of rotatable bonds is 7. The molecule has 1 nitrogen and oxygen atoms in total. The fourth-order valence-corrected chi connectivity index (χ4v) is 0.954. The molecule has 0 atom stereocenters. The van der Waals surface area contributed by atoms with Gasteiger partial charge in [0.25, 0.3) is 0 Å². The summed E-state index contributed by atoms with van der Waals surface area (Å²) in [6, 6.07) is 0. The van der Waals surface area contributed by atoms with Crippen molar-refractivity contribution in [2.75, 3.05) is 13.1 Å². The van der Waals surface area contributed by atoms with Gasteiger partial charge in [0.2, 0.25) is 0 Å². The van der Waals surface area contributed by atoms with Gasteiger partial charge < -0.3 is 5.32 Å². The zero-order valence-electron chi connectivity index (χ0n) is 8.40. The third-order valence-corrected chi connectivity index (χ3v) is 1.72. The van der Waals surface area contributed by atoms with Gasteiger partial charge in [-0.25, -0.2) is 0 Å². The van der Waals surface area contributed by atoms with Crippen molar-refractivity contribution in [2.24, 2.45) is 0 Å². The molecule has 0 aliphatic carbocycles. The Morgan fingerprint density at radius 1 is 1.42 bits per heavy atom. The van der Waals surface area contributed by atoms with E-state index >= 15 is 0 Å². The van der Waals surface area contributed by atoms with Gasteiger partial charge in [-0.1, -0.05) is 31.2 Å². The van der Waals surface area contributed by atoms with Crippen LogP contribution in [0.15, 0.2) is 24.3 Å². The van der Waals surface area contributed by atoms with Crippen molar-refractivity contribution in [3.8, 4) is 0 Å². The lowest BCUT2D eigenvalue weighted by Gasteiger charge is -2.03. The molecule has 0 aromatic carbocycles. The highest BCUT2D eigenvalue weighted by Crippen LogP contribution is 2.03. The molecule has 12 heavy (non-hydrogen) atoms. The van der Waals surface area contributed by atoms with E-state index in [-0.39, 0.29) is 0 Å². The monoisotopic (exact) mass is 167 g/mol. The molecule has 0 aliphatic rings. The summed E-state index contributed by atoms with van der Waals surface area (Å²) < 4.78 is 0. The van der Waals surface area contributed by atoms with Crippen molar-refractivity contribution in [2.45, 2.75) is 33.1 Å². The highest BCUT2D eigenvalue weighted by molar-refractivity contribution is 5.01. The van der Waals surface area contributed by atoms with Gasteiger partial charge in [-0.2, -0.15) is 0 Å². The molecule has 0 saturated heterocycles. The molecule has 0 aliphatic heterocycles. The topological polar surface area (TPSA) is 12.0 Å². The predicted molar refractivity (Wildman–Crippen MR) is 56.3 cm³/mol. The summed E-state index contributed by atoms with van der Waals surface area (Å²) in [5.74, 6) is 0. The Bertz CT molecular complexity index is 136. The maximum atomic E-state index is 4.00. The third-order valence-electron chi connectivity index (χ3n) is 1.72. The SMILES string of the molecule is C=C(C/C=C/C)CCNCCC. The summed E-state index contributed by atoms with van der Waals surface area (Å²) in [5, 5.41) is 3.36. The molecular formula is C11H21N. The maximum Gasteiger partial charge on any atom is -0.00116 e. The smallest absolute Gasteiger partial charge is 0.00116 e. The molecule has 0 aromatic rings. The molecule has 0 rings (SSSR count). The van der Waals surface area contributed by atoms with E-state index in [0.717, 1.165) is 25.9 Å². The van der Waals surface area contributed by atoms with Gasteiger partial charge in [0.1, 0.15) is 0 Å². The lowest BCUT2D eigenvalue weighted by Crippen LogP contribution is -2.16. The largest absolute Gasteiger partial charge is 0.316 e. The Morgan fingerprint density at radius 2 is 2.17 bits per heavy atom. The zero-order valence-corrected chi connectivity index (χ0v) is 8.40. The van der Waals surface area contributed by atoms with E-state index in [1.54, 1.807) is 0 Å². The molecule has 1 N–H and O–H groups in total. The van der Waals surface area contributed by atoms with Crippen molar-refractivity contribution >= 4 is 0 Å². The Hall–Kier alpha value is -0.560. The van der Waals surface area contributed by atoms with E-state index in [1.807, 2.05) is 6.92 Å². The van der Waals surface area contributed by atoms with Gasteiger partial charge in [-0.3, -0.25) is 0 Å². The van der Waals surface area contributed by atoms with Gasteiger partial charge in [0, 0.05) is 0 Å². The third kappa shape index (κ3) is 7.55. The second-order valence-electron chi connectivity index (χ2n) is 3.02. The van der Waals surface area contributed by atoms with Crippen LogP contribution in [0.25, 0.3) is 0 Å². The highest BCUT2D eigenvalue weighted by Gasteiger charge is 1.90. The first-order chi connectivity index (χ1) is 5.81. The van der Waals surface area contributed by atoms with Gasteiger partial charge in [-0.15, -0.1) is 0 Å². The lowest BCUT2D eigenvalue weighted by molar-refractivity contribution is 0.666. The lowest BCUT2D eigenvalue weighted by atomic mass is 10.1. The van der Waals surface area contributed by atoms with Crippen LogP contribution in [-0.4, -0.2) is 13.1 Å². The Morgan fingerprint density at radius 3 is 2.75 bits per heavy atom. The molecule has 1 heteroatoms. The average Bonchev–Trinajstić information content (AvgIpc) is 2.09. The first kappa shape index (κ1) is 11.4. The Kier molecular flexibility index (Phi) is 8.14. The minimum Gasteiger partial charge on any atom is -0.316 e. The molecule has 0 bridgehead atoms. The summed E-state index contributed by atoms with van der Waals surface area (Å²) in [4.78, 5) is 0. The van der Waals surface area contributed by atoms with E-state index in [1.165, 1.54) is 12.0 Å². The quantitative estimate of drug-likeness (QED) is 0.454. The van der Waals surface area contributed by atoms with Crippen LogP contribution in [0.3, 0.4) is 0 Å². The van der Waals surface area contributed by atoms with Crippen LogP contribution in [-0.2, 0) is 0 Å². The van der Waals surface area contributed by atoms with Crippen molar-refractivity contribution in [1.29, 1.82) is 0 Å². The van der Waals surface area contributed by atoms with Crippen LogP contribution in [0.1, 0.15) is 33.1 Å². The summed E-state index contributed by atoms with van der Waals surface area (Å²) in [7, 11) is 0. The normalized spacial score (nSPS) is 10.8. The van der Waals surface area contributed by atoms with Crippen LogP contribution in [0.5, 0.6) is 0 Å². The first-order valence-electron chi connectivity index (χ1n) is 4.79. The molecule has 0 radical (unpaired) electrons. The fourth-order valence-electron chi connectivity index (χ4n) is 0.954. The van der Waals surface area contributed by atoms with E-state index in [4.69, 9.17) is 0 Å². The molecule has 70 valence electrons. The van der Waals surface area contributed by atoms with Gasteiger partial charge in [0.15, 0.2) is 0 Å². The van der Waals surface area contributed by atoms with Crippen LogP contribution in [0.4, 0.5) is 0 Å². The van der Waals surface area contributed by atoms with Gasteiger partial charge in [0.05, 0.1) is 0 Å². The molecule has 0 amide bonds. The second-order valence-corrected chi connectivity index (χ2v) is 3.02. The number of nitrogens with one attached hydrogen (secondary N) is 1. The maximum absolute atomic E-state index is 4.00. The van der Waals surface area contributed by atoms with Crippen LogP contribution in [0.2, 0.25) is 0 Å². The van der Waals surface area contributed by atoms with Crippen molar-refractivity contribution < 1.29 is 0 Å². The number of allylic oxidation sites excluding steroid dienone is 2. The van der Waals surface area contributed by atoms with Crippen LogP contribution < -0.4 is 5.32 Å². The van der Waals surface area contributed by atoms with Crippen molar-refractivity contribution in [3.63, 3.8) is 0 Å². The molecule has 0 heterocycles. The summed E-state index contributed by atoms with van der Waals surface area (Å²) in [6.07, 6.45) is 7.57. The molecule has 0 unspecified atom stereocenters. The molecule has 0 saturated carbocycles. The molecule has 0 spiro atoms. The minimum absolute atomic E-state index is 1.03. The number of hydrogen-bond acceptors (Lipinski definition) is 1. The first-order valence-corrected chi connectivity index (χ1v) is 4.79. The Balaban J connectivity index is 3.20. The van der Waals surface area contributed by atoms with Crippen molar-refractivity contribution in [3.05, 3.63) is 24.3 Å². The minimum atomic E-state index is 1.03. The van der Waals surface area contributed by atoms with Crippen molar-refractivity contribution in [1.82, 2.24) is 5.32 Å². The van der Waals surface area contributed by atoms with E-state index < -0.39 is 0 Å². The van der Waals surface area contributed by atoms with E-state index in [2.05, 4.69) is 31.0 Å². The molecule has 0 fully saturated rings. The second kappa shape index (κ2) is 8.54. The zero-order chi connectivity index (χ0) is 9.23. The van der Waals surface area contributed by atoms with E-state index in [0.29, 0.717) is 0 Å². The Labute approximate surface area is 76.6 Å². The van der Waals surface area contributed by atoms with Crippen LogP contribution >= 0.6 is 0 Å². The summed E-state index contributed by atoms with van der Waals surface area (Å²) >= 11 is 0. The van der Waals surface area contributed by atoms with Gasteiger partial charge in [-0.05, 0) is 39.3 Å². The predicted octanol–water partition coefficient (Wildman–Crippen LogP) is 2.90. The number of hydrogen-bond donors (Lipinski definition) is 1. The fraction of sp³-hybridized carbons (Fsp3) is 0.636. The summed E-state index contributed by atoms with van der Waals surface area (Å²) in [6.45, 7) is 10.4. The standard InChI is InChI=1S/C11H21N/c1-4-6-7-11(3)8-10-12-9-5-2/h4,6,12H,3,5,7-10H2,1-2H3/b6-4+. The van der Waals surface area contributed by atoms with E-state index in [9.17, 15) is 0 Å². The summed E-state index contributed by atoms with van der Waals surface area (Å²) in [5.41, 5.74) is 1.32. The van der Waals surface area contributed by atoms with Crippen LogP contribution in [0, 0.1) is 0 Å². The molecular weight excluding hydrogens is 146 g/mol. The molecule has 0 aromatic heterocycles. The van der Waals surface area contributed by atoms with Gasteiger partial charge >= 0.3 is 0 Å². The average molecular weight is 167 g/mol.